The Labute approximate surface area is 201 Å². The van der Waals surface area contributed by atoms with Crippen LogP contribution in [0.4, 0.5) is 10.2 Å². The molecule has 2 aromatic heterocycles. The molecule has 0 saturated heterocycles. The smallest absolute Gasteiger partial charge is 0.166 e. The second-order valence-corrected chi connectivity index (χ2v) is 8.34. The number of nitrogen functional groups attached to an aromatic ring is 1. The topological polar surface area (TPSA) is 82.3 Å². The van der Waals surface area contributed by atoms with Crippen LogP contribution in [0, 0.1) is 5.82 Å². The van der Waals surface area contributed by atoms with Crippen molar-refractivity contribution in [2.24, 2.45) is 0 Å². The van der Waals surface area contributed by atoms with Crippen molar-refractivity contribution in [3.8, 4) is 22.8 Å². The molecule has 0 aliphatic carbocycles. The van der Waals surface area contributed by atoms with Crippen LogP contribution in [0.5, 0.6) is 11.5 Å². The molecule has 4 rings (SSSR count). The molecule has 1 aliphatic heterocycles. The first-order chi connectivity index (χ1) is 15.9. The van der Waals surface area contributed by atoms with Crippen LogP contribution in [0.2, 0.25) is 10.0 Å². The maximum Gasteiger partial charge on any atom is 0.166 e. The van der Waals surface area contributed by atoms with Crippen molar-refractivity contribution in [2.45, 2.75) is 19.4 Å². The van der Waals surface area contributed by atoms with E-state index in [9.17, 15) is 4.39 Å². The number of nitrogens with two attached hydrogens (primary N) is 1. The molecule has 6 nitrogen and oxygen atoms in total. The highest BCUT2D eigenvalue weighted by Gasteiger charge is 2.21. The summed E-state index contributed by atoms with van der Waals surface area (Å²) in [5, 5.41) is 3.51. The van der Waals surface area contributed by atoms with E-state index in [2.05, 4.69) is 16.4 Å². The van der Waals surface area contributed by atoms with Gasteiger partial charge in [-0.1, -0.05) is 29.3 Å². The molecule has 33 heavy (non-hydrogen) atoms. The van der Waals surface area contributed by atoms with E-state index in [1.807, 2.05) is 12.1 Å². The van der Waals surface area contributed by atoms with Crippen LogP contribution in [-0.2, 0) is 0 Å². The molecular weight excluding hydrogens is 466 g/mol. The van der Waals surface area contributed by atoms with Gasteiger partial charge >= 0.3 is 0 Å². The van der Waals surface area contributed by atoms with Crippen LogP contribution in [-0.4, -0.2) is 30.2 Å². The molecule has 9 heteroatoms. The van der Waals surface area contributed by atoms with Gasteiger partial charge in [0.05, 0.1) is 17.8 Å². The number of nitrogens with zero attached hydrogens (tertiary/aromatic N) is 2. The summed E-state index contributed by atoms with van der Waals surface area (Å²) in [6.07, 6.45) is 3.93. The molecule has 0 spiro atoms. The van der Waals surface area contributed by atoms with Gasteiger partial charge in [-0.2, -0.15) is 0 Å². The molecule has 0 amide bonds. The summed E-state index contributed by atoms with van der Waals surface area (Å²) in [5.41, 5.74) is 9.72. The highest BCUT2D eigenvalue weighted by atomic mass is 35.5. The summed E-state index contributed by atoms with van der Waals surface area (Å²) in [6.45, 7) is 3.38. The molecule has 1 aliphatic rings. The number of pyridine rings is 2. The molecule has 3 heterocycles. The molecule has 0 bridgehead atoms. The monoisotopic (exact) mass is 488 g/mol. The van der Waals surface area contributed by atoms with Gasteiger partial charge in [0, 0.05) is 28.9 Å². The van der Waals surface area contributed by atoms with E-state index in [1.165, 1.54) is 12.1 Å². The number of halogens is 3. The molecule has 3 N–H and O–H groups in total. The number of aromatic nitrogens is 2. The lowest BCUT2D eigenvalue weighted by molar-refractivity contribution is 0.227. The fraction of sp³-hybridized carbons (Fsp3) is 0.250. The van der Waals surface area contributed by atoms with Crippen LogP contribution in [0.15, 0.2) is 42.6 Å². The Balaban J connectivity index is 1.68. The van der Waals surface area contributed by atoms with Gasteiger partial charge in [-0.25, -0.2) is 14.4 Å². The number of hydrogen-bond donors (Lipinski definition) is 2. The first-order valence-electron chi connectivity index (χ1n) is 10.4. The number of rotatable bonds is 6. The molecule has 3 aromatic rings. The second kappa shape index (κ2) is 9.95. The average molecular weight is 489 g/mol. The molecule has 0 saturated carbocycles. The number of anilines is 1. The van der Waals surface area contributed by atoms with Crippen molar-refractivity contribution >= 4 is 34.6 Å². The molecule has 172 valence electrons. The minimum Gasteiger partial charge on any atom is -0.494 e. The summed E-state index contributed by atoms with van der Waals surface area (Å²) in [5.74, 6) is 0.630. The summed E-state index contributed by atoms with van der Waals surface area (Å²) in [7, 11) is 1.63. The quantitative estimate of drug-likeness (QED) is 0.433. The van der Waals surface area contributed by atoms with Crippen LogP contribution in [0.25, 0.3) is 16.8 Å². The predicted molar refractivity (Wildman–Crippen MR) is 129 cm³/mol. The van der Waals surface area contributed by atoms with Gasteiger partial charge in [-0.05, 0) is 55.8 Å². The molecule has 0 unspecified atom stereocenters. The van der Waals surface area contributed by atoms with Gasteiger partial charge < -0.3 is 20.5 Å². The molecule has 1 aromatic carbocycles. The van der Waals surface area contributed by atoms with Gasteiger partial charge in [0.15, 0.2) is 11.6 Å². The van der Waals surface area contributed by atoms with Crippen molar-refractivity contribution in [2.75, 3.05) is 25.9 Å². The fourth-order valence-electron chi connectivity index (χ4n) is 3.69. The lowest BCUT2D eigenvalue weighted by Crippen LogP contribution is -2.20. The zero-order valence-corrected chi connectivity index (χ0v) is 19.7. The lowest BCUT2D eigenvalue weighted by Gasteiger charge is -2.19. The average Bonchev–Trinajstić information content (AvgIpc) is 2.83. The maximum atomic E-state index is 14.0. The summed E-state index contributed by atoms with van der Waals surface area (Å²) in [6, 6.07) is 8.13. The standard InChI is InChI=1S/C24H23Cl2FN4O2/c1-13(21-16(25)3-4-17(27)22(21)26)33-20-11-15(12-30-24(20)28)18-5-6-19(32-2)23(31-18)14-7-9-29-10-8-14/h3-7,11-13,29H,8-10H2,1-2H3,(H2,28,30)/t13-/m1/s1. The Kier molecular flexibility index (Phi) is 7.02. The fourth-order valence-corrected chi connectivity index (χ4v) is 4.37. The van der Waals surface area contributed by atoms with Crippen molar-refractivity contribution in [3.05, 3.63) is 69.7 Å². The SMILES string of the molecule is COc1ccc(-c2cnc(N)c(O[C@H](C)c3c(Cl)ccc(F)c3Cl)c2)nc1C1=CCNCC1. The van der Waals surface area contributed by atoms with Crippen LogP contribution >= 0.6 is 23.2 Å². The largest absolute Gasteiger partial charge is 0.494 e. The van der Waals surface area contributed by atoms with E-state index in [0.29, 0.717) is 33.3 Å². The maximum absolute atomic E-state index is 14.0. The Morgan fingerprint density at radius 3 is 2.73 bits per heavy atom. The molecule has 0 fully saturated rings. The number of hydrogen-bond acceptors (Lipinski definition) is 6. The lowest BCUT2D eigenvalue weighted by atomic mass is 10.0. The number of benzene rings is 1. The van der Waals surface area contributed by atoms with Crippen LogP contribution in [0.1, 0.15) is 30.7 Å². The zero-order chi connectivity index (χ0) is 23.5. The van der Waals surface area contributed by atoms with E-state index in [0.717, 1.165) is 30.8 Å². The highest BCUT2D eigenvalue weighted by Crippen LogP contribution is 2.37. The highest BCUT2D eigenvalue weighted by molar-refractivity contribution is 6.36. The summed E-state index contributed by atoms with van der Waals surface area (Å²) in [4.78, 5) is 9.10. The minimum atomic E-state index is -0.667. The Bertz CT molecular complexity index is 1220. The van der Waals surface area contributed by atoms with Crippen molar-refractivity contribution in [1.82, 2.24) is 15.3 Å². The zero-order valence-electron chi connectivity index (χ0n) is 18.2. The normalized spacial score (nSPS) is 14.5. The van der Waals surface area contributed by atoms with Gasteiger partial charge in [0.25, 0.3) is 0 Å². The first kappa shape index (κ1) is 23.3. The number of methoxy groups -OCH3 is 1. The van der Waals surface area contributed by atoms with Gasteiger partial charge in [0.2, 0.25) is 0 Å². The molecular formula is C24H23Cl2FN4O2. The molecule has 0 radical (unpaired) electrons. The third kappa shape index (κ3) is 4.90. The Hall–Kier alpha value is -2.87. The Morgan fingerprint density at radius 2 is 2.00 bits per heavy atom. The van der Waals surface area contributed by atoms with E-state index in [1.54, 1.807) is 26.3 Å². The van der Waals surface area contributed by atoms with E-state index in [4.69, 9.17) is 43.4 Å². The van der Waals surface area contributed by atoms with E-state index in [-0.39, 0.29) is 10.8 Å². The van der Waals surface area contributed by atoms with Gasteiger partial charge in [-0.15, -0.1) is 0 Å². The van der Waals surface area contributed by atoms with Crippen molar-refractivity contribution < 1.29 is 13.9 Å². The Morgan fingerprint density at radius 1 is 1.18 bits per heavy atom. The van der Waals surface area contributed by atoms with E-state index >= 15 is 0 Å². The minimum absolute atomic E-state index is 0.0885. The van der Waals surface area contributed by atoms with Crippen molar-refractivity contribution in [1.29, 1.82) is 0 Å². The summed E-state index contributed by atoms with van der Waals surface area (Å²) < 4.78 is 25.5. The van der Waals surface area contributed by atoms with Crippen LogP contribution in [0.3, 0.4) is 0 Å². The van der Waals surface area contributed by atoms with Gasteiger partial charge in [0.1, 0.15) is 23.4 Å². The molecule has 1 atom stereocenters. The second-order valence-electron chi connectivity index (χ2n) is 7.56. The van der Waals surface area contributed by atoms with E-state index < -0.39 is 11.9 Å². The van der Waals surface area contributed by atoms with Crippen LogP contribution < -0.4 is 20.5 Å². The first-order valence-corrected chi connectivity index (χ1v) is 11.2. The van der Waals surface area contributed by atoms with Gasteiger partial charge in [-0.3, -0.25) is 0 Å². The predicted octanol–water partition coefficient (Wildman–Crippen LogP) is 5.70. The third-order valence-electron chi connectivity index (χ3n) is 5.41. The number of ether oxygens (including phenoxy) is 2. The summed E-state index contributed by atoms with van der Waals surface area (Å²) >= 11 is 12.4. The third-order valence-corrected chi connectivity index (χ3v) is 6.13. The number of nitrogens with one attached hydrogen (secondary N) is 1. The van der Waals surface area contributed by atoms with Crippen molar-refractivity contribution in [3.63, 3.8) is 0 Å².